The molecule has 2 bridgehead atoms. The van der Waals surface area contributed by atoms with Gasteiger partial charge in [0.1, 0.15) is 24.6 Å². The van der Waals surface area contributed by atoms with Crippen LogP contribution in [0, 0.1) is 29.6 Å². The fraction of sp³-hybridized carbons (Fsp3) is 0.457. The van der Waals surface area contributed by atoms with Gasteiger partial charge in [-0.3, -0.25) is 4.79 Å². The first-order chi connectivity index (χ1) is 21.6. The second-order valence-corrected chi connectivity index (χ2v) is 14.3. The number of fused-ring (bicyclic) bond motifs is 3. The molecule has 2 aromatic rings. The molecule has 0 aromatic heterocycles. The minimum absolute atomic E-state index is 0.0355. The number of ether oxygens (including phenoxy) is 2. The van der Waals surface area contributed by atoms with Gasteiger partial charge in [0, 0.05) is 36.7 Å². The highest BCUT2D eigenvalue weighted by Crippen LogP contribution is 2.46. The second kappa shape index (κ2) is 14.0. The quantitative estimate of drug-likeness (QED) is 0.304. The third-order valence-electron chi connectivity index (χ3n) is 9.34. The predicted molar refractivity (Wildman–Crippen MR) is 177 cm³/mol. The number of aliphatic hydroxyl groups excluding tert-OH is 1. The SMILES string of the molecule is C=C1[C@@H](C)C/C=C/[C@@](C#CCO)(OC)C2CC[C@H]2CN2CCCCc3cc(Cl)ccc3COc3ccc(cc32)C(=O)NS1(=O)=O. The molecular weight excluding hydrogens is 612 g/mol. The van der Waals surface area contributed by atoms with Crippen molar-refractivity contribution in [3.63, 3.8) is 0 Å². The maximum atomic E-state index is 13.4. The van der Waals surface area contributed by atoms with Gasteiger partial charge >= 0.3 is 0 Å². The van der Waals surface area contributed by atoms with Crippen LogP contribution in [0.5, 0.6) is 5.75 Å². The summed E-state index contributed by atoms with van der Waals surface area (Å²) < 4.78 is 41.2. The lowest BCUT2D eigenvalue weighted by Gasteiger charge is -2.47. The van der Waals surface area contributed by atoms with Crippen LogP contribution in [0.25, 0.3) is 0 Å². The van der Waals surface area contributed by atoms with Gasteiger partial charge in [-0.05, 0) is 97.9 Å². The molecule has 5 rings (SSSR count). The molecular formula is C35H41ClN2O6S. The van der Waals surface area contributed by atoms with Gasteiger partial charge in [0.15, 0.2) is 0 Å². The number of carbonyl (C=O) groups is 1. The molecule has 0 spiro atoms. The summed E-state index contributed by atoms with van der Waals surface area (Å²) in [5.74, 6) is 5.64. The number of aryl methyl sites for hydroxylation is 1. The lowest BCUT2D eigenvalue weighted by atomic mass is 9.64. The summed E-state index contributed by atoms with van der Waals surface area (Å²) in [6.45, 7) is 6.96. The Bertz CT molecular complexity index is 1640. The molecule has 0 saturated heterocycles. The van der Waals surface area contributed by atoms with E-state index < -0.39 is 27.4 Å². The third-order valence-corrected chi connectivity index (χ3v) is 11.1. The number of aliphatic hydroxyl groups is 1. The Morgan fingerprint density at radius 3 is 2.76 bits per heavy atom. The van der Waals surface area contributed by atoms with E-state index in [0.717, 1.165) is 48.9 Å². The summed E-state index contributed by atoms with van der Waals surface area (Å²) in [5, 5.41) is 10.3. The van der Waals surface area contributed by atoms with E-state index in [-0.39, 0.29) is 28.9 Å². The fourth-order valence-corrected chi connectivity index (χ4v) is 7.82. The molecule has 2 N–H and O–H groups in total. The molecule has 1 amide bonds. The minimum Gasteiger partial charge on any atom is -0.487 e. The van der Waals surface area contributed by atoms with Crippen LogP contribution in [0.3, 0.4) is 0 Å². The van der Waals surface area contributed by atoms with Crippen LogP contribution in [0.2, 0.25) is 5.02 Å². The second-order valence-electron chi connectivity index (χ2n) is 12.1. The van der Waals surface area contributed by atoms with Gasteiger partial charge in [-0.25, -0.2) is 13.1 Å². The van der Waals surface area contributed by atoms with Crippen molar-refractivity contribution in [1.82, 2.24) is 4.72 Å². The van der Waals surface area contributed by atoms with Gasteiger partial charge in [-0.1, -0.05) is 49.1 Å². The molecule has 3 aliphatic rings. The van der Waals surface area contributed by atoms with Crippen molar-refractivity contribution in [2.45, 2.75) is 57.7 Å². The summed E-state index contributed by atoms with van der Waals surface area (Å²) in [6, 6.07) is 10.9. The molecule has 4 atom stereocenters. The Labute approximate surface area is 271 Å². The minimum atomic E-state index is -4.17. The van der Waals surface area contributed by atoms with Crippen LogP contribution in [0.1, 0.15) is 60.5 Å². The van der Waals surface area contributed by atoms with Gasteiger partial charge in [0.2, 0.25) is 0 Å². The van der Waals surface area contributed by atoms with E-state index in [4.69, 9.17) is 21.1 Å². The number of nitrogens with zero attached hydrogens (tertiary/aromatic N) is 1. The first-order valence-corrected chi connectivity index (χ1v) is 17.3. The zero-order chi connectivity index (χ0) is 32.2. The van der Waals surface area contributed by atoms with Gasteiger partial charge in [-0.2, -0.15) is 0 Å². The topological polar surface area (TPSA) is 105 Å². The largest absolute Gasteiger partial charge is 0.487 e. The molecule has 1 unspecified atom stereocenters. The van der Waals surface area contributed by atoms with Crippen molar-refractivity contribution in [2.75, 3.05) is 31.7 Å². The molecule has 2 heterocycles. The first kappa shape index (κ1) is 33.1. The van der Waals surface area contributed by atoms with E-state index in [1.54, 1.807) is 32.2 Å². The van der Waals surface area contributed by atoms with Gasteiger partial charge in [0.05, 0.1) is 10.6 Å². The zero-order valence-corrected chi connectivity index (χ0v) is 27.4. The Kier molecular flexibility index (Phi) is 10.3. The summed E-state index contributed by atoms with van der Waals surface area (Å²) in [4.78, 5) is 15.5. The van der Waals surface area contributed by atoms with Crippen molar-refractivity contribution in [2.24, 2.45) is 17.8 Å². The zero-order valence-electron chi connectivity index (χ0n) is 25.9. The van der Waals surface area contributed by atoms with E-state index in [1.807, 2.05) is 30.4 Å². The lowest BCUT2D eigenvalue weighted by molar-refractivity contribution is -0.0350. The number of anilines is 1. The number of nitrogens with one attached hydrogen (secondary N) is 1. The highest BCUT2D eigenvalue weighted by Gasteiger charge is 2.46. The first-order valence-electron chi connectivity index (χ1n) is 15.5. The molecule has 1 saturated carbocycles. The van der Waals surface area contributed by atoms with E-state index in [2.05, 4.69) is 28.0 Å². The third kappa shape index (κ3) is 7.25. The number of halogens is 1. The van der Waals surface area contributed by atoms with Crippen molar-refractivity contribution in [3.8, 4) is 17.6 Å². The predicted octanol–water partition coefficient (Wildman–Crippen LogP) is 5.64. The monoisotopic (exact) mass is 652 g/mol. The van der Waals surface area contributed by atoms with Crippen molar-refractivity contribution < 1.29 is 27.8 Å². The summed E-state index contributed by atoms with van der Waals surface area (Å²) in [6.07, 6.45) is 8.64. The highest BCUT2D eigenvalue weighted by molar-refractivity contribution is 7.93. The molecule has 2 aliphatic heterocycles. The number of hydrogen-bond donors (Lipinski definition) is 2. The molecule has 10 heteroatoms. The molecule has 2 aromatic carbocycles. The molecule has 240 valence electrons. The average molecular weight is 653 g/mol. The molecule has 1 fully saturated rings. The summed E-state index contributed by atoms with van der Waals surface area (Å²) >= 11 is 6.33. The van der Waals surface area contributed by atoms with E-state index in [1.165, 1.54) is 0 Å². The Morgan fingerprint density at radius 2 is 2.02 bits per heavy atom. The average Bonchev–Trinajstić information content (AvgIpc) is 3.03. The van der Waals surface area contributed by atoms with Crippen LogP contribution in [-0.4, -0.2) is 51.8 Å². The number of sulfonamides is 1. The van der Waals surface area contributed by atoms with E-state index in [0.29, 0.717) is 36.9 Å². The standard InChI is InChI=1S/C35H41ClN2O6S/c1-24-8-6-16-35(43-3,17-7-19-39)31-14-11-28(31)22-38-18-5-4-9-26-20-30(36)13-10-29(26)23-44-33-15-12-27(21-32(33)38)34(40)37-45(41,42)25(24)2/h6,10,12-13,15-16,20-21,24,28,31,39H,2,4-5,8-9,11,14,18-19,22-23H2,1,3H3,(H,37,40)/b16-6+/t24-,28-,31?,35-/m0/s1. The number of hydrogen-bond acceptors (Lipinski definition) is 7. The van der Waals surface area contributed by atoms with Gasteiger partial charge in [-0.15, -0.1) is 0 Å². The number of methoxy groups -OCH3 is 1. The summed E-state index contributed by atoms with van der Waals surface area (Å²) in [5.41, 5.74) is 2.19. The van der Waals surface area contributed by atoms with Crippen LogP contribution >= 0.6 is 11.6 Å². The number of allylic oxidation sites excluding steroid dienone is 2. The smallest absolute Gasteiger partial charge is 0.265 e. The Balaban J connectivity index is 1.60. The van der Waals surface area contributed by atoms with Crippen LogP contribution in [-0.2, 0) is 27.8 Å². The fourth-order valence-electron chi connectivity index (χ4n) is 6.51. The van der Waals surface area contributed by atoms with E-state index >= 15 is 0 Å². The number of rotatable bonds is 1. The van der Waals surface area contributed by atoms with Crippen LogP contribution in [0.4, 0.5) is 5.69 Å². The van der Waals surface area contributed by atoms with Crippen molar-refractivity contribution in [3.05, 3.63) is 81.7 Å². The number of amides is 1. The number of benzene rings is 2. The molecule has 45 heavy (non-hydrogen) atoms. The molecule has 0 radical (unpaired) electrons. The van der Waals surface area contributed by atoms with Crippen LogP contribution < -0.4 is 14.4 Å². The highest BCUT2D eigenvalue weighted by atomic mass is 35.5. The van der Waals surface area contributed by atoms with Crippen LogP contribution in [0.15, 0.2) is 60.0 Å². The Hall–Kier alpha value is -3.29. The maximum Gasteiger partial charge on any atom is 0.265 e. The van der Waals surface area contributed by atoms with Gasteiger partial charge in [0.25, 0.3) is 15.9 Å². The van der Waals surface area contributed by atoms with E-state index in [9.17, 15) is 18.3 Å². The summed E-state index contributed by atoms with van der Waals surface area (Å²) in [7, 11) is -2.54. The molecule has 1 aliphatic carbocycles. The Morgan fingerprint density at radius 1 is 1.20 bits per heavy atom. The van der Waals surface area contributed by atoms with Crippen molar-refractivity contribution >= 4 is 33.2 Å². The van der Waals surface area contributed by atoms with Gasteiger partial charge < -0.3 is 19.5 Å². The normalized spacial score (nSPS) is 27.6. The maximum absolute atomic E-state index is 13.4. The lowest BCUT2D eigenvalue weighted by Crippen LogP contribution is -2.50. The number of carbonyl (C=O) groups excluding carboxylic acids is 1. The van der Waals surface area contributed by atoms with Crippen molar-refractivity contribution in [1.29, 1.82) is 0 Å². The molecule has 8 nitrogen and oxygen atoms in total.